The molecule has 0 fully saturated rings. The van der Waals surface area contributed by atoms with Crippen LogP contribution in [0.5, 0.6) is 0 Å². The third kappa shape index (κ3) is 8.57. The van der Waals surface area contributed by atoms with Crippen LogP contribution in [0, 0.1) is 0 Å². The Morgan fingerprint density at radius 1 is 0.542 bits per heavy atom. The van der Waals surface area contributed by atoms with Crippen LogP contribution < -0.4 is 0 Å². The monoisotopic (exact) mass is 754 g/mol. The van der Waals surface area contributed by atoms with E-state index in [1.54, 1.807) is 0 Å². The van der Waals surface area contributed by atoms with Crippen LogP contribution in [0.25, 0.3) is 71.8 Å². The van der Waals surface area contributed by atoms with Crippen molar-refractivity contribution in [3.05, 3.63) is 241 Å². The van der Waals surface area contributed by atoms with Crippen molar-refractivity contribution in [2.75, 3.05) is 0 Å². The normalized spacial score (nSPS) is 13.6. The van der Waals surface area contributed by atoms with Crippen LogP contribution >= 0.6 is 0 Å². The van der Waals surface area contributed by atoms with Crippen LogP contribution in [0.15, 0.2) is 230 Å². The maximum absolute atomic E-state index is 2.43. The molecule has 0 N–H and O–H groups in total. The number of benzene rings is 7. The number of rotatable bonds is 10. The van der Waals surface area contributed by atoms with Crippen molar-refractivity contribution in [1.29, 1.82) is 0 Å². The topological polar surface area (TPSA) is 0 Å². The average Bonchev–Trinajstić information content (AvgIpc) is 3.32. The first-order valence-corrected chi connectivity index (χ1v) is 20.9. The fourth-order valence-electron chi connectivity index (χ4n) is 8.41. The van der Waals surface area contributed by atoms with E-state index in [1.165, 1.54) is 94.0 Å². The third-order valence-corrected chi connectivity index (χ3v) is 11.7. The molecule has 9 rings (SSSR count). The van der Waals surface area contributed by atoms with Crippen LogP contribution in [0.2, 0.25) is 0 Å². The summed E-state index contributed by atoms with van der Waals surface area (Å²) >= 11 is 0. The molecular weight excluding hydrogens is 707 g/mol. The van der Waals surface area contributed by atoms with Crippen LogP contribution in [0.4, 0.5) is 0 Å². The zero-order valence-corrected chi connectivity index (χ0v) is 33.9. The van der Waals surface area contributed by atoms with Gasteiger partial charge in [0.2, 0.25) is 0 Å². The summed E-state index contributed by atoms with van der Waals surface area (Å²) in [5.41, 5.74) is 18.7. The van der Waals surface area contributed by atoms with Gasteiger partial charge in [-0.2, -0.15) is 0 Å². The molecule has 0 spiro atoms. The van der Waals surface area contributed by atoms with Gasteiger partial charge in [0, 0.05) is 0 Å². The van der Waals surface area contributed by atoms with E-state index in [1.807, 2.05) is 0 Å². The Morgan fingerprint density at radius 3 is 1.75 bits per heavy atom. The summed E-state index contributed by atoms with van der Waals surface area (Å²) in [6.07, 6.45) is 13.7. The molecule has 0 bridgehead atoms. The molecule has 1 aromatic heterocycles. The van der Waals surface area contributed by atoms with Gasteiger partial charge in [0.05, 0.1) is 0 Å². The summed E-state index contributed by atoms with van der Waals surface area (Å²) in [5, 5.41) is 2.46. The van der Waals surface area contributed by atoms with E-state index in [-0.39, 0.29) is 5.92 Å². The predicted molar refractivity (Wildman–Crippen MR) is 256 cm³/mol. The van der Waals surface area contributed by atoms with E-state index in [0.29, 0.717) is 0 Å². The molecule has 8 aromatic rings. The summed E-state index contributed by atoms with van der Waals surface area (Å²) in [4.78, 5) is 0. The molecule has 0 radical (unpaired) electrons. The van der Waals surface area contributed by atoms with Crippen molar-refractivity contribution in [3.63, 3.8) is 0 Å². The fraction of sp³-hybridized carbons (Fsp3) is 0.0862. The summed E-state index contributed by atoms with van der Waals surface area (Å²) in [6, 6.07) is 68.6. The number of hydrogen-bond acceptors (Lipinski definition) is 0. The van der Waals surface area contributed by atoms with Crippen molar-refractivity contribution in [1.82, 2.24) is 0 Å². The molecule has 282 valence electrons. The van der Waals surface area contributed by atoms with E-state index in [9.17, 15) is 0 Å². The second kappa shape index (κ2) is 17.3. The van der Waals surface area contributed by atoms with Crippen molar-refractivity contribution >= 4 is 23.2 Å². The first kappa shape index (κ1) is 37.7. The molecule has 0 saturated carbocycles. The van der Waals surface area contributed by atoms with Gasteiger partial charge in [-0.15, -0.1) is 0 Å². The molecule has 0 aliphatic heterocycles. The summed E-state index contributed by atoms with van der Waals surface area (Å²) in [5.74, 6) is 0.265. The fourth-order valence-corrected chi connectivity index (χ4v) is 8.41. The van der Waals surface area contributed by atoms with Crippen molar-refractivity contribution in [2.45, 2.75) is 32.6 Å². The van der Waals surface area contributed by atoms with Gasteiger partial charge in [-0.25, -0.2) is 0 Å². The Hall–Kier alpha value is -6.83. The van der Waals surface area contributed by atoms with E-state index in [0.717, 1.165) is 12.8 Å². The zero-order valence-electron chi connectivity index (χ0n) is 33.9. The molecule has 0 amide bonds. The second-order valence-electron chi connectivity index (χ2n) is 15.7. The van der Waals surface area contributed by atoms with E-state index < -0.39 is 0 Å². The Kier molecular flexibility index (Phi) is 11.1. The van der Waals surface area contributed by atoms with E-state index in [4.69, 9.17) is 0 Å². The van der Waals surface area contributed by atoms with Gasteiger partial charge >= 0.3 is 315 Å². The standard InChI is InChI=1S/C58H47B/c1-41(43-17-7-3-8-18-43)35-54(36-42(2)44-19-9-4-10-20-44)47-29-31-48(32-30-47)55-40-58(53-28-16-26-50(38-53)46-23-13-6-14-24-46)59-57-34-33-52(39-56(55)57)51-27-15-25-49(37-51)45-21-11-5-12-22-45/h3-9,11-19,21-41H,10,20H2,1-2H3/b42-36+,54-35+. The molecule has 1 unspecified atom stereocenters. The number of fused-ring (bicyclic) bond motifs is 1. The van der Waals surface area contributed by atoms with Gasteiger partial charge < -0.3 is 0 Å². The minimum atomic E-state index is 0.265. The minimum absolute atomic E-state index is 0.265. The third-order valence-electron chi connectivity index (χ3n) is 11.7. The molecule has 1 aliphatic carbocycles. The second-order valence-corrected chi connectivity index (χ2v) is 15.7. The zero-order chi connectivity index (χ0) is 40.0. The molecule has 1 heteroatoms. The van der Waals surface area contributed by atoms with Gasteiger partial charge in [0.15, 0.2) is 0 Å². The average molecular weight is 755 g/mol. The quantitative estimate of drug-likeness (QED) is 0.122. The smallest absolute Gasteiger partial charge is 0.0842 e. The van der Waals surface area contributed by atoms with Crippen molar-refractivity contribution in [2.24, 2.45) is 0 Å². The van der Waals surface area contributed by atoms with Crippen LogP contribution in [-0.2, 0) is 0 Å². The SMILES string of the molecule is C/C(=C\C(=C/C(C)c1ccccc1)c1ccc(-c2cc(-c3cccc(-c4ccccc4)c3)bc3ccc(-c4cccc(-c5ccccc5)c4)cc23)cc1)C1=CC=CCC1. The molecule has 1 atom stereocenters. The summed E-state index contributed by atoms with van der Waals surface area (Å²) in [7, 11) is 0. The molecular formula is C58H47B. The predicted octanol–water partition coefficient (Wildman–Crippen LogP) is 15.9. The number of hydrogen-bond donors (Lipinski definition) is 0. The van der Waals surface area contributed by atoms with Crippen LogP contribution in [0.3, 0.4) is 0 Å². The van der Waals surface area contributed by atoms with Gasteiger partial charge in [0.25, 0.3) is 0 Å². The summed E-state index contributed by atoms with van der Waals surface area (Å²) < 4.78 is 0. The van der Waals surface area contributed by atoms with E-state index >= 15 is 0 Å². The van der Waals surface area contributed by atoms with Gasteiger partial charge in [-0.05, 0) is 6.42 Å². The Balaban J connectivity index is 1.16. The Morgan fingerprint density at radius 2 is 1.10 bits per heavy atom. The Bertz CT molecular complexity index is 2860. The molecule has 1 aliphatic rings. The van der Waals surface area contributed by atoms with Crippen molar-refractivity contribution < 1.29 is 0 Å². The van der Waals surface area contributed by atoms with Gasteiger partial charge in [-0.3, -0.25) is 0 Å². The van der Waals surface area contributed by atoms with E-state index in [2.05, 4.69) is 239 Å². The van der Waals surface area contributed by atoms with Gasteiger partial charge in [-0.1, -0.05) is 30.4 Å². The van der Waals surface area contributed by atoms with Crippen LogP contribution in [0.1, 0.15) is 43.7 Å². The molecule has 0 nitrogen and oxygen atoms in total. The van der Waals surface area contributed by atoms with Crippen LogP contribution in [-0.4, -0.2) is 6.91 Å². The molecule has 7 aromatic carbocycles. The van der Waals surface area contributed by atoms with Crippen molar-refractivity contribution in [3.8, 4) is 55.5 Å². The minimum Gasteiger partial charge on any atom is -0.0842 e. The molecule has 59 heavy (non-hydrogen) atoms. The first-order valence-electron chi connectivity index (χ1n) is 20.9. The first-order chi connectivity index (χ1) is 29.1. The van der Waals surface area contributed by atoms with Gasteiger partial charge in [0.1, 0.15) is 0 Å². The Labute approximate surface area is 350 Å². The molecule has 0 saturated heterocycles. The molecule has 1 heterocycles. The maximum atomic E-state index is 2.43. The number of allylic oxidation sites excluding steroid dienone is 8. The summed E-state index contributed by atoms with van der Waals surface area (Å²) in [6.45, 7) is 6.92.